The predicted octanol–water partition coefficient (Wildman–Crippen LogP) is 3.49. The average Bonchev–Trinajstić information content (AvgIpc) is 2.89. The molecule has 1 aliphatic heterocycles. The van der Waals surface area contributed by atoms with Crippen molar-refractivity contribution in [3.8, 4) is 0 Å². The van der Waals surface area contributed by atoms with E-state index < -0.39 is 0 Å². The summed E-state index contributed by atoms with van der Waals surface area (Å²) in [6, 6.07) is 8.51. The fourth-order valence-electron chi connectivity index (χ4n) is 2.78. The maximum absolute atomic E-state index is 6.00. The fourth-order valence-corrected chi connectivity index (χ4v) is 3.14. The molecule has 0 N–H and O–H groups in total. The van der Waals surface area contributed by atoms with E-state index in [4.69, 9.17) is 14.2 Å². The lowest BCUT2D eigenvalue weighted by atomic mass is 9.92. The van der Waals surface area contributed by atoms with Crippen molar-refractivity contribution in [2.24, 2.45) is 0 Å². The number of hydrogen-bond acceptors (Lipinski definition) is 3. The molecule has 1 aliphatic carbocycles. The Bertz CT molecular complexity index is 402. The molecule has 1 heterocycles. The fraction of sp³-hybridized carbons (Fsp3) is 0.600. The van der Waals surface area contributed by atoms with Gasteiger partial charge < -0.3 is 14.2 Å². The van der Waals surface area contributed by atoms with Crippen LogP contribution in [0.5, 0.6) is 0 Å². The summed E-state index contributed by atoms with van der Waals surface area (Å²) in [6.45, 7) is 2.19. The molecular formula is C15H19IO3. The molecule has 4 heteroatoms. The van der Waals surface area contributed by atoms with E-state index in [-0.39, 0.29) is 5.79 Å². The molecule has 3 nitrogen and oxygen atoms in total. The zero-order chi connectivity index (χ0) is 13.1. The van der Waals surface area contributed by atoms with Crippen LogP contribution in [-0.4, -0.2) is 25.1 Å². The minimum atomic E-state index is -0.275. The second-order valence-electron chi connectivity index (χ2n) is 5.24. The van der Waals surface area contributed by atoms with Crippen LogP contribution in [0.1, 0.15) is 31.2 Å². The molecule has 3 rings (SSSR count). The minimum absolute atomic E-state index is 0.275. The first kappa shape index (κ1) is 13.8. The molecule has 0 atom stereocenters. The number of rotatable bonds is 3. The molecule has 0 bridgehead atoms. The Kier molecular flexibility index (Phi) is 4.41. The first-order chi connectivity index (χ1) is 9.26. The third-order valence-electron chi connectivity index (χ3n) is 3.91. The van der Waals surface area contributed by atoms with Crippen molar-refractivity contribution in [1.82, 2.24) is 0 Å². The van der Waals surface area contributed by atoms with E-state index in [1.165, 1.54) is 9.13 Å². The summed E-state index contributed by atoms with van der Waals surface area (Å²) in [5.74, 6) is -0.275. The van der Waals surface area contributed by atoms with Gasteiger partial charge in [-0.05, 0) is 53.1 Å². The Hall–Kier alpha value is -0.170. The van der Waals surface area contributed by atoms with Gasteiger partial charge in [0.1, 0.15) is 0 Å². The predicted molar refractivity (Wildman–Crippen MR) is 80.8 cm³/mol. The second kappa shape index (κ2) is 6.08. The van der Waals surface area contributed by atoms with Crippen molar-refractivity contribution < 1.29 is 14.2 Å². The smallest absolute Gasteiger partial charge is 0.168 e. The van der Waals surface area contributed by atoms with Crippen molar-refractivity contribution in [3.63, 3.8) is 0 Å². The highest BCUT2D eigenvalue weighted by molar-refractivity contribution is 14.1. The molecular weight excluding hydrogens is 355 g/mol. The summed E-state index contributed by atoms with van der Waals surface area (Å²) in [5.41, 5.74) is 1.24. The Balaban J connectivity index is 1.46. The molecule has 0 amide bonds. The number of ether oxygens (including phenoxy) is 3. The van der Waals surface area contributed by atoms with Crippen molar-refractivity contribution in [1.29, 1.82) is 0 Å². The summed E-state index contributed by atoms with van der Waals surface area (Å²) < 4.78 is 18.7. The normalized spacial score (nSPS) is 23.0. The van der Waals surface area contributed by atoms with Crippen LogP contribution in [0.25, 0.3) is 0 Å². The van der Waals surface area contributed by atoms with E-state index in [9.17, 15) is 0 Å². The van der Waals surface area contributed by atoms with Gasteiger partial charge in [-0.1, -0.05) is 12.1 Å². The molecule has 1 aromatic carbocycles. The molecule has 1 saturated heterocycles. The van der Waals surface area contributed by atoms with E-state index >= 15 is 0 Å². The molecule has 0 unspecified atom stereocenters. The van der Waals surface area contributed by atoms with Crippen molar-refractivity contribution in [2.45, 2.75) is 44.2 Å². The van der Waals surface area contributed by atoms with Crippen molar-refractivity contribution >= 4 is 22.6 Å². The molecule has 104 valence electrons. The second-order valence-corrected chi connectivity index (χ2v) is 6.49. The zero-order valence-electron chi connectivity index (χ0n) is 10.9. The molecule has 2 fully saturated rings. The first-order valence-electron chi connectivity index (χ1n) is 6.90. The van der Waals surface area contributed by atoms with E-state index in [1.54, 1.807) is 0 Å². The van der Waals surface area contributed by atoms with Crippen LogP contribution >= 0.6 is 22.6 Å². The summed E-state index contributed by atoms with van der Waals surface area (Å²) in [6.07, 6.45) is 4.33. The Morgan fingerprint density at radius 2 is 1.74 bits per heavy atom. The van der Waals surface area contributed by atoms with Crippen LogP contribution in [0.4, 0.5) is 0 Å². The van der Waals surface area contributed by atoms with Gasteiger partial charge in [0.15, 0.2) is 5.79 Å². The Labute approximate surface area is 127 Å². The van der Waals surface area contributed by atoms with Gasteiger partial charge in [0, 0.05) is 16.4 Å². The van der Waals surface area contributed by atoms with Crippen LogP contribution in [0.2, 0.25) is 0 Å². The summed E-state index contributed by atoms with van der Waals surface area (Å²) in [4.78, 5) is 0. The Morgan fingerprint density at radius 1 is 1.11 bits per heavy atom. The van der Waals surface area contributed by atoms with Gasteiger partial charge in [0.2, 0.25) is 0 Å². The Morgan fingerprint density at radius 3 is 2.37 bits per heavy atom. The minimum Gasteiger partial charge on any atom is -0.374 e. The van der Waals surface area contributed by atoms with Gasteiger partial charge in [0.25, 0.3) is 0 Å². The highest BCUT2D eigenvalue weighted by Crippen LogP contribution is 2.36. The number of benzene rings is 1. The van der Waals surface area contributed by atoms with Crippen LogP contribution in [0, 0.1) is 3.57 Å². The third-order valence-corrected chi connectivity index (χ3v) is 4.63. The van der Waals surface area contributed by atoms with Gasteiger partial charge in [-0.15, -0.1) is 0 Å². The van der Waals surface area contributed by atoms with Crippen LogP contribution in [0.15, 0.2) is 24.3 Å². The highest BCUT2D eigenvalue weighted by Gasteiger charge is 2.40. The molecule has 1 aromatic rings. The summed E-state index contributed by atoms with van der Waals surface area (Å²) >= 11 is 2.32. The maximum atomic E-state index is 6.00. The van der Waals surface area contributed by atoms with Gasteiger partial charge in [-0.25, -0.2) is 0 Å². The lowest BCUT2D eigenvalue weighted by Crippen LogP contribution is -2.37. The number of halogens is 1. The van der Waals surface area contributed by atoms with Gasteiger partial charge in [-0.2, -0.15) is 0 Å². The zero-order valence-corrected chi connectivity index (χ0v) is 13.1. The largest absolute Gasteiger partial charge is 0.374 e. The third kappa shape index (κ3) is 3.48. The molecule has 0 radical (unpaired) electrons. The van der Waals surface area contributed by atoms with E-state index in [2.05, 4.69) is 46.9 Å². The van der Waals surface area contributed by atoms with Gasteiger partial charge in [0.05, 0.1) is 25.9 Å². The average molecular weight is 374 g/mol. The first-order valence-corrected chi connectivity index (χ1v) is 7.98. The SMILES string of the molecule is Ic1ccc(COC2CCC3(CC2)OCCO3)cc1. The molecule has 19 heavy (non-hydrogen) atoms. The van der Waals surface area contributed by atoms with Crippen LogP contribution in [-0.2, 0) is 20.8 Å². The van der Waals surface area contributed by atoms with E-state index in [0.717, 1.165) is 38.9 Å². The topological polar surface area (TPSA) is 27.7 Å². The monoisotopic (exact) mass is 374 g/mol. The molecule has 0 aromatic heterocycles. The molecule has 2 aliphatic rings. The van der Waals surface area contributed by atoms with Crippen LogP contribution < -0.4 is 0 Å². The van der Waals surface area contributed by atoms with Gasteiger partial charge >= 0.3 is 0 Å². The van der Waals surface area contributed by atoms with Crippen LogP contribution in [0.3, 0.4) is 0 Å². The quantitative estimate of drug-likeness (QED) is 0.759. The summed E-state index contributed by atoms with van der Waals surface area (Å²) in [7, 11) is 0. The molecule has 1 saturated carbocycles. The van der Waals surface area contributed by atoms with E-state index in [0.29, 0.717) is 12.7 Å². The number of hydrogen-bond donors (Lipinski definition) is 0. The van der Waals surface area contributed by atoms with Gasteiger partial charge in [-0.3, -0.25) is 0 Å². The lowest BCUT2D eigenvalue weighted by Gasteiger charge is -2.35. The van der Waals surface area contributed by atoms with Crippen molar-refractivity contribution in [2.75, 3.05) is 13.2 Å². The maximum Gasteiger partial charge on any atom is 0.168 e. The summed E-state index contributed by atoms with van der Waals surface area (Å²) in [5, 5.41) is 0. The standard InChI is InChI=1S/C15H19IO3/c16-13-3-1-12(2-4-13)11-17-14-5-7-15(8-6-14)18-9-10-19-15/h1-4,14H,5-11H2. The molecule has 1 spiro atoms. The lowest BCUT2D eigenvalue weighted by molar-refractivity contribution is -0.192. The van der Waals surface area contributed by atoms with Crippen molar-refractivity contribution in [3.05, 3.63) is 33.4 Å². The highest BCUT2D eigenvalue weighted by atomic mass is 127. The van der Waals surface area contributed by atoms with E-state index in [1.807, 2.05) is 0 Å².